The molecule has 2 aliphatic rings. The highest BCUT2D eigenvalue weighted by molar-refractivity contribution is 5.93. The van der Waals surface area contributed by atoms with Crippen LogP contribution in [0.2, 0.25) is 0 Å². The van der Waals surface area contributed by atoms with E-state index in [0.717, 1.165) is 18.0 Å². The fourth-order valence-corrected chi connectivity index (χ4v) is 3.78. The van der Waals surface area contributed by atoms with E-state index in [4.69, 9.17) is 4.74 Å². The van der Waals surface area contributed by atoms with Gasteiger partial charge in [-0.05, 0) is 49.3 Å². The molecule has 3 unspecified atom stereocenters. The van der Waals surface area contributed by atoms with Crippen LogP contribution < -0.4 is 10.1 Å². The zero-order valence-electron chi connectivity index (χ0n) is 11.8. The molecule has 0 radical (unpaired) electrons. The van der Waals surface area contributed by atoms with Crippen molar-refractivity contribution >= 4 is 11.6 Å². The van der Waals surface area contributed by atoms with Crippen molar-refractivity contribution in [3.8, 4) is 5.75 Å². The Bertz CT molecular complexity index is 514. The molecule has 4 heteroatoms. The standard InChI is InChI=1S/C16H21NO3/c1-20-15-5-4-13(8-12(15)9-18)17-16(19)14-7-10-2-3-11(14)6-10/h4-5,8,10-11,14,18H,2-3,6-7,9H2,1H3,(H,17,19). The normalized spacial score (nSPS) is 27.6. The molecular weight excluding hydrogens is 254 g/mol. The van der Waals surface area contributed by atoms with Crippen molar-refractivity contribution in [2.24, 2.45) is 17.8 Å². The van der Waals surface area contributed by atoms with Crippen molar-refractivity contribution in [1.82, 2.24) is 0 Å². The lowest BCUT2D eigenvalue weighted by Gasteiger charge is -2.21. The number of benzene rings is 1. The number of anilines is 1. The Kier molecular flexibility index (Phi) is 3.66. The molecule has 2 aliphatic carbocycles. The summed E-state index contributed by atoms with van der Waals surface area (Å²) in [7, 11) is 1.57. The summed E-state index contributed by atoms with van der Waals surface area (Å²) in [5.74, 6) is 2.29. The molecule has 0 saturated heterocycles. The molecule has 1 aromatic rings. The van der Waals surface area contributed by atoms with Crippen LogP contribution >= 0.6 is 0 Å². The molecule has 2 saturated carbocycles. The number of rotatable bonds is 4. The lowest BCUT2D eigenvalue weighted by Crippen LogP contribution is -2.27. The molecular formula is C16H21NO3. The summed E-state index contributed by atoms with van der Waals surface area (Å²) in [5.41, 5.74) is 1.43. The molecule has 0 heterocycles. The molecule has 108 valence electrons. The van der Waals surface area contributed by atoms with E-state index in [1.165, 1.54) is 19.3 Å². The Morgan fingerprint density at radius 2 is 2.25 bits per heavy atom. The summed E-state index contributed by atoms with van der Waals surface area (Å²) < 4.78 is 5.16. The zero-order chi connectivity index (χ0) is 14.1. The summed E-state index contributed by atoms with van der Waals surface area (Å²) in [6.45, 7) is -0.0962. The van der Waals surface area contributed by atoms with E-state index in [0.29, 0.717) is 17.2 Å². The highest BCUT2D eigenvalue weighted by Gasteiger charge is 2.42. The van der Waals surface area contributed by atoms with Crippen LogP contribution in [0.15, 0.2) is 18.2 Å². The van der Waals surface area contributed by atoms with E-state index in [1.807, 2.05) is 6.07 Å². The van der Waals surface area contributed by atoms with Gasteiger partial charge in [0.1, 0.15) is 5.75 Å². The number of carbonyl (C=O) groups excluding carboxylic acids is 1. The Balaban J connectivity index is 1.70. The molecule has 20 heavy (non-hydrogen) atoms. The molecule has 0 aromatic heterocycles. The van der Waals surface area contributed by atoms with Gasteiger partial charge in [0.05, 0.1) is 13.7 Å². The molecule has 2 fully saturated rings. The van der Waals surface area contributed by atoms with Gasteiger partial charge in [0, 0.05) is 17.2 Å². The second kappa shape index (κ2) is 5.44. The van der Waals surface area contributed by atoms with Gasteiger partial charge in [-0.2, -0.15) is 0 Å². The van der Waals surface area contributed by atoms with Crippen molar-refractivity contribution in [3.05, 3.63) is 23.8 Å². The van der Waals surface area contributed by atoms with E-state index in [-0.39, 0.29) is 18.4 Å². The molecule has 3 atom stereocenters. The molecule has 4 nitrogen and oxygen atoms in total. The molecule has 2 bridgehead atoms. The smallest absolute Gasteiger partial charge is 0.227 e. The van der Waals surface area contributed by atoms with Crippen molar-refractivity contribution < 1.29 is 14.6 Å². The van der Waals surface area contributed by atoms with Gasteiger partial charge in [0.2, 0.25) is 5.91 Å². The average Bonchev–Trinajstić information content (AvgIpc) is 3.09. The van der Waals surface area contributed by atoms with Gasteiger partial charge in [-0.3, -0.25) is 4.79 Å². The minimum Gasteiger partial charge on any atom is -0.496 e. The van der Waals surface area contributed by atoms with Crippen LogP contribution in [0.5, 0.6) is 5.75 Å². The SMILES string of the molecule is COc1ccc(NC(=O)C2CC3CCC2C3)cc1CO. The van der Waals surface area contributed by atoms with Crippen LogP contribution in [0.3, 0.4) is 0 Å². The second-order valence-electron chi connectivity index (χ2n) is 5.96. The maximum absolute atomic E-state index is 12.4. The van der Waals surface area contributed by atoms with Gasteiger partial charge in [-0.25, -0.2) is 0 Å². The van der Waals surface area contributed by atoms with Crippen molar-refractivity contribution in [2.75, 3.05) is 12.4 Å². The third-order valence-electron chi connectivity index (χ3n) is 4.79. The molecule has 0 aliphatic heterocycles. The number of nitrogens with one attached hydrogen (secondary N) is 1. The van der Waals surface area contributed by atoms with Gasteiger partial charge in [-0.15, -0.1) is 0 Å². The minimum absolute atomic E-state index is 0.0962. The molecule has 1 aromatic carbocycles. The fourth-order valence-electron chi connectivity index (χ4n) is 3.78. The van der Waals surface area contributed by atoms with Gasteiger partial charge in [0.15, 0.2) is 0 Å². The van der Waals surface area contributed by atoms with E-state index in [1.54, 1.807) is 19.2 Å². The molecule has 1 amide bonds. The quantitative estimate of drug-likeness (QED) is 0.888. The highest BCUT2D eigenvalue weighted by atomic mass is 16.5. The zero-order valence-corrected chi connectivity index (χ0v) is 11.8. The third-order valence-corrected chi connectivity index (χ3v) is 4.79. The van der Waals surface area contributed by atoms with E-state index in [2.05, 4.69) is 5.32 Å². The van der Waals surface area contributed by atoms with Crippen LogP contribution in [0.1, 0.15) is 31.2 Å². The van der Waals surface area contributed by atoms with E-state index in [9.17, 15) is 9.90 Å². The summed E-state index contributed by atoms with van der Waals surface area (Å²) >= 11 is 0. The number of hydrogen-bond donors (Lipinski definition) is 2. The summed E-state index contributed by atoms with van der Waals surface area (Å²) in [5, 5.41) is 12.3. The number of fused-ring (bicyclic) bond motifs is 2. The fraction of sp³-hybridized carbons (Fsp3) is 0.562. The maximum Gasteiger partial charge on any atom is 0.227 e. The predicted molar refractivity (Wildman–Crippen MR) is 76.5 cm³/mol. The topological polar surface area (TPSA) is 58.6 Å². The van der Waals surface area contributed by atoms with Crippen molar-refractivity contribution in [1.29, 1.82) is 0 Å². The maximum atomic E-state index is 12.4. The Hall–Kier alpha value is -1.55. The van der Waals surface area contributed by atoms with E-state index >= 15 is 0 Å². The number of aliphatic hydroxyl groups excluding tert-OH is 1. The van der Waals surface area contributed by atoms with Crippen LogP contribution in [0, 0.1) is 17.8 Å². The van der Waals surface area contributed by atoms with Crippen LogP contribution in [0.25, 0.3) is 0 Å². The van der Waals surface area contributed by atoms with Crippen LogP contribution in [-0.4, -0.2) is 18.1 Å². The van der Waals surface area contributed by atoms with Gasteiger partial charge >= 0.3 is 0 Å². The molecule has 3 rings (SSSR count). The molecule has 2 N–H and O–H groups in total. The first kappa shape index (κ1) is 13.4. The first-order valence-corrected chi connectivity index (χ1v) is 7.30. The summed E-state index contributed by atoms with van der Waals surface area (Å²) in [6.07, 6.45) is 4.76. The summed E-state index contributed by atoms with van der Waals surface area (Å²) in [6, 6.07) is 5.38. The van der Waals surface area contributed by atoms with Gasteiger partial charge in [0.25, 0.3) is 0 Å². The largest absolute Gasteiger partial charge is 0.496 e. The first-order chi connectivity index (χ1) is 9.71. The lowest BCUT2D eigenvalue weighted by molar-refractivity contribution is -0.121. The number of aliphatic hydroxyl groups is 1. The number of hydrogen-bond acceptors (Lipinski definition) is 3. The Morgan fingerprint density at radius 1 is 1.40 bits per heavy atom. The van der Waals surface area contributed by atoms with Crippen LogP contribution in [0.4, 0.5) is 5.69 Å². The van der Waals surface area contributed by atoms with Crippen molar-refractivity contribution in [3.63, 3.8) is 0 Å². The number of carbonyl (C=O) groups is 1. The second-order valence-corrected chi connectivity index (χ2v) is 5.96. The lowest BCUT2D eigenvalue weighted by atomic mass is 9.88. The van der Waals surface area contributed by atoms with E-state index < -0.39 is 0 Å². The Morgan fingerprint density at radius 3 is 2.85 bits per heavy atom. The van der Waals surface area contributed by atoms with Gasteiger partial charge in [-0.1, -0.05) is 6.42 Å². The number of amides is 1. The summed E-state index contributed by atoms with van der Waals surface area (Å²) in [4.78, 5) is 12.4. The third kappa shape index (κ3) is 2.40. The highest BCUT2D eigenvalue weighted by Crippen LogP contribution is 2.48. The average molecular weight is 275 g/mol. The minimum atomic E-state index is -0.0962. The number of ether oxygens (including phenoxy) is 1. The Labute approximate surface area is 119 Å². The number of methoxy groups -OCH3 is 1. The molecule has 0 spiro atoms. The van der Waals surface area contributed by atoms with Crippen LogP contribution in [-0.2, 0) is 11.4 Å². The van der Waals surface area contributed by atoms with Gasteiger partial charge < -0.3 is 15.2 Å². The van der Waals surface area contributed by atoms with Crippen molar-refractivity contribution in [2.45, 2.75) is 32.3 Å². The monoisotopic (exact) mass is 275 g/mol. The first-order valence-electron chi connectivity index (χ1n) is 7.30. The predicted octanol–water partition coefficient (Wildman–Crippen LogP) is 2.56.